The monoisotopic (exact) mass is 318 g/mol. The third kappa shape index (κ3) is 9.87. The van der Waals surface area contributed by atoms with Gasteiger partial charge in [-0.25, -0.2) is 5.01 Å². The first-order valence-corrected chi connectivity index (χ1v) is 8.04. The maximum atomic E-state index is 10.4. The standard InChI is InChI=1S/C7H12N2O.C7H16O3.C2H6/c1-6-4-7(2,3)9(5-10)8-6;1-4-8-7(9-5-2)10-6-3;1-2/h5H,4H2,1-3H3;7H,4-6H2,1-3H3;1-2H3. The van der Waals surface area contributed by atoms with Crippen LogP contribution in [-0.2, 0) is 19.0 Å². The van der Waals surface area contributed by atoms with E-state index in [4.69, 9.17) is 14.2 Å². The molecule has 1 amide bonds. The quantitative estimate of drug-likeness (QED) is 0.533. The molecule has 0 aromatic carbocycles. The van der Waals surface area contributed by atoms with Crippen LogP contribution in [0, 0.1) is 0 Å². The van der Waals surface area contributed by atoms with Crippen molar-refractivity contribution in [3.8, 4) is 0 Å². The average molecular weight is 318 g/mol. The summed E-state index contributed by atoms with van der Waals surface area (Å²) in [5, 5.41) is 5.52. The largest absolute Gasteiger partial charge is 0.330 e. The first kappa shape index (κ1) is 23.3. The molecule has 1 aliphatic heterocycles. The lowest BCUT2D eigenvalue weighted by Gasteiger charge is -2.24. The Balaban J connectivity index is 0. The summed E-state index contributed by atoms with van der Waals surface area (Å²) in [5.41, 5.74) is 0.920. The maximum Gasteiger partial charge on any atom is 0.271 e. The van der Waals surface area contributed by atoms with Gasteiger partial charge in [-0.3, -0.25) is 4.79 Å². The number of carbonyl (C=O) groups is 1. The Morgan fingerprint density at radius 1 is 1.14 bits per heavy atom. The molecule has 22 heavy (non-hydrogen) atoms. The van der Waals surface area contributed by atoms with Crippen molar-refractivity contribution in [1.29, 1.82) is 0 Å². The molecule has 0 bridgehead atoms. The van der Waals surface area contributed by atoms with Gasteiger partial charge in [-0.2, -0.15) is 5.10 Å². The molecule has 1 heterocycles. The summed E-state index contributed by atoms with van der Waals surface area (Å²) in [7, 11) is 0. The molecule has 0 saturated heterocycles. The van der Waals surface area contributed by atoms with E-state index in [1.54, 1.807) is 0 Å². The number of ether oxygens (including phenoxy) is 3. The van der Waals surface area contributed by atoms with E-state index in [2.05, 4.69) is 5.10 Å². The molecular weight excluding hydrogens is 284 g/mol. The van der Waals surface area contributed by atoms with Gasteiger partial charge in [0.25, 0.3) is 6.48 Å². The second-order valence-corrected chi connectivity index (χ2v) is 4.93. The molecule has 0 N–H and O–H groups in total. The zero-order valence-electron chi connectivity index (χ0n) is 15.5. The van der Waals surface area contributed by atoms with Crippen LogP contribution in [0.5, 0.6) is 0 Å². The van der Waals surface area contributed by atoms with E-state index in [9.17, 15) is 4.79 Å². The van der Waals surface area contributed by atoms with Crippen LogP contribution in [0.15, 0.2) is 5.10 Å². The maximum absolute atomic E-state index is 10.4. The van der Waals surface area contributed by atoms with Crippen LogP contribution in [0.3, 0.4) is 0 Å². The van der Waals surface area contributed by atoms with E-state index < -0.39 is 6.48 Å². The molecule has 0 unspecified atom stereocenters. The molecule has 0 aromatic rings. The van der Waals surface area contributed by atoms with Crippen molar-refractivity contribution in [2.45, 2.75) is 73.8 Å². The van der Waals surface area contributed by atoms with Crippen molar-refractivity contribution in [3.05, 3.63) is 0 Å². The number of hydrazone groups is 1. The molecule has 0 aromatic heterocycles. The van der Waals surface area contributed by atoms with Crippen molar-refractivity contribution < 1.29 is 19.0 Å². The van der Waals surface area contributed by atoms with Gasteiger partial charge in [-0.05, 0) is 41.5 Å². The molecule has 132 valence electrons. The zero-order chi connectivity index (χ0) is 17.6. The summed E-state index contributed by atoms with van der Waals surface area (Å²) >= 11 is 0. The molecule has 0 radical (unpaired) electrons. The lowest BCUT2D eigenvalue weighted by atomic mass is 10.00. The van der Waals surface area contributed by atoms with Crippen molar-refractivity contribution in [3.63, 3.8) is 0 Å². The third-order valence-electron chi connectivity index (χ3n) is 2.60. The summed E-state index contributed by atoms with van der Waals surface area (Å²) in [6, 6.07) is 0. The number of nitrogens with zero attached hydrogens (tertiary/aromatic N) is 2. The molecule has 0 spiro atoms. The topological polar surface area (TPSA) is 60.4 Å². The molecule has 0 fully saturated rings. The highest BCUT2D eigenvalue weighted by atomic mass is 16.8. The number of rotatable bonds is 7. The Morgan fingerprint density at radius 2 is 1.55 bits per heavy atom. The SMILES string of the molecule is CC.CC1=NN(C=O)C(C)(C)C1.CCOC(OCC)OCC. The average Bonchev–Trinajstić information content (AvgIpc) is 2.75. The fourth-order valence-electron chi connectivity index (χ4n) is 1.78. The van der Waals surface area contributed by atoms with Crippen LogP contribution >= 0.6 is 0 Å². The number of carbonyl (C=O) groups excluding carboxylic acids is 1. The normalized spacial score (nSPS) is 15.5. The fourth-order valence-corrected chi connectivity index (χ4v) is 1.78. The van der Waals surface area contributed by atoms with Crippen molar-refractivity contribution >= 4 is 12.1 Å². The first-order valence-electron chi connectivity index (χ1n) is 8.04. The van der Waals surface area contributed by atoms with Gasteiger partial charge in [-0.1, -0.05) is 13.8 Å². The molecular formula is C16H34N2O4. The number of hydrogen-bond acceptors (Lipinski definition) is 5. The lowest BCUT2D eigenvalue weighted by Crippen LogP contribution is -2.35. The third-order valence-corrected chi connectivity index (χ3v) is 2.60. The minimum atomic E-state index is -0.472. The predicted octanol–water partition coefficient (Wildman–Crippen LogP) is 3.41. The van der Waals surface area contributed by atoms with Crippen molar-refractivity contribution in [2.24, 2.45) is 5.10 Å². The highest BCUT2D eigenvalue weighted by Crippen LogP contribution is 2.24. The summed E-state index contributed by atoms with van der Waals surface area (Å²) in [6.07, 6.45) is 1.66. The van der Waals surface area contributed by atoms with Crippen LogP contribution in [0.1, 0.15) is 61.8 Å². The van der Waals surface area contributed by atoms with Gasteiger partial charge >= 0.3 is 0 Å². The number of amides is 1. The van der Waals surface area contributed by atoms with Crippen LogP contribution in [0.4, 0.5) is 0 Å². The highest BCUT2D eigenvalue weighted by molar-refractivity contribution is 5.85. The molecule has 0 saturated carbocycles. The van der Waals surface area contributed by atoms with Gasteiger partial charge in [0, 0.05) is 32.0 Å². The fraction of sp³-hybridized carbons (Fsp3) is 0.875. The minimum absolute atomic E-state index is 0.105. The van der Waals surface area contributed by atoms with Gasteiger partial charge < -0.3 is 14.2 Å². The van der Waals surface area contributed by atoms with Crippen LogP contribution in [0.25, 0.3) is 0 Å². The van der Waals surface area contributed by atoms with Gasteiger partial charge in [0.05, 0.1) is 5.54 Å². The van der Waals surface area contributed by atoms with Gasteiger partial charge in [-0.15, -0.1) is 0 Å². The highest BCUT2D eigenvalue weighted by Gasteiger charge is 2.31. The summed E-state index contributed by atoms with van der Waals surface area (Å²) in [5.74, 6) is 0. The van der Waals surface area contributed by atoms with Gasteiger partial charge in [0.15, 0.2) is 0 Å². The van der Waals surface area contributed by atoms with Crippen LogP contribution in [-0.4, -0.2) is 49.0 Å². The summed E-state index contributed by atoms with van der Waals surface area (Å²) < 4.78 is 15.2. The lowest BCUT2D eigenvalue weighted by molar-refractivity contribution is -0.282. The minimum Gasteiger partial charge on any atom is -0.330 e. The molecule has 1 aliphatic rings. The Morgan fingerprint density at radius 3 is 1.73 bits per heavy atom. The molecule has 0 aliphatic carbocycles. The Hall–Kier alpha value is -0.980. The van der Waals surface area contributed by atoms with E-state index in [0.717, 1.165) is 18.5 Å². The molecule has 6 heteroatoms. The van der Waals surface area contributed by atoms with Crippen LogP contribution in [0.2, 0.25) is 0 Å². The Kier molecular flexibility index (Phi) is 14.5. The Labute approximate surface area is 135 Å². The summed E-state index contributed by atoms with van der Waals surface area (Å²) in [6.45, 7) is 17.0. The first-order chi connectivity index (χ1) is 10.4. The Bertz CT molecular complexity index is 292. The van der Waals surface area contributed by atoms with Gasteiger partial charge in [0.2, 0.25) is 6.41 Å². The zero-order valence-corrected chi connectivity index (χ0v) is 15.5. The van der Waals surface area contributed by atoms with Gasteiger partial charge in [0.1, 0.15) is 0 Å². The second kappa shape index (κ2) is 13.7. The molecule has 0 atom stereocenters. The van der Waals surface area contributed by atoms with E-state index >= 15 is 0 Å². The second-order valence-electron chi connectivity index (χ2n) is 4.93. The van der Waals surface area contributed by atoms with Crippen molar-refractivity contribution in [2.75, 3.05) is 19.8 Å². The van der Waals surface area contributed by atoms with E-state index in [0.29, 0.717) is 19.8 Å². The van der Waals surface area contributed by atoms with E-state index in [1.165, 1.54) is 5.01 Å². The predicted molar refractivity (Wildman–Crippen MR) is 89.7 cm³/mol. The van der Waals surface area contributed by atoms with Crippen LogP contribution < -0.4 is 0 Å². The molecule has 6 nitrogen and oxygen atoms in total. The smallest absolute Gasteiger partial charge is 0.271 e. The van der Waals surface area contributed by atoms with Crippen molar-refractivity contribution in [1.82, 2.24) is 5.01 Å². The van der Waals surface area contributed by atoms with E-state index in [1.807, 2.05) is 55.4 Å². The summed E-state index contributed by atoms with van der Waals surface area (Å²) in [4.78, 5) is 10.4. The van der Waals surface area contributed by atoms with E-state index in [-0.39, 0.29) is 5.54 Å². The molecule has 1 rings (SSSR count). The number of hydrogen-bond donors (Lipinski definition) is 0.